The maximum Gasteiger partial charge on any atom is -0.00133 e. The van der Waals surface area contributed by atoms with Gasteiger partial charge in [0.1, 0.15) is 0 Å². The van der Waals surface area contributed by atoms with Gasteiger partial charge in [0.15, 0.2) is 0 Å². The zero-order valence-corrected chi connectivity index (χ0v) is 17.9. The second kappa shape index (κ2) is 15.0. The second-order valence-electron chi connectivity index (χ2n) is 5.21. The van der Waals surface area contributed by atoms with Crippen LogP contribution in [-0.2, 0) is 6.42 Å². The van der Waals surface area contributed by atoms with Crippen LogP contribution in [0, 0.1) is 13.8 Å². The minimum absolute atomic E-state index is 1.11. The van der Waals surface area contributed by atoms with Crippen LogP contribution in [-0.4, -0.2) is 0 Å². The van der Waals surface area contributed by atoms with Crippen molar-refractivity contribution < 1.29 is 0 Å². The fourth-order valence-corrected chi connectivity index (χ4v) is 2.47. The maximum atomic E-state index is 2.31. The molecule has 1 aliphatic carbocycles. The van der Waals surface area contributed by atoms with E-state index >= 15 is 0 Å². The molecule has 0 N–H and O–H groups in total. The number of hydrogen-bond donors (Lipinski definition) is 0. The highest BCUT2D eigenvalue weighted by atomic mass is 14.2. The molecule has 2 aromatic rings. The third-order valence-electron chi connectivity index (χ3n) is 3.19. The van der Waals surface area contributed by atoms with Crippen LogP contribution < -0.4 is 0 Å². The fraction of sp³-hybridized carbons (Fsp3) is 0.500. The second-order valence-corrected chi connectivity index (χ2v) is 5.21. The van der Waals surface area contributed by atoms with Gasteiger partial charge in [-0.15, -0.1) is 0 Å². The number of rotatable bonds is 0. The Bertz CT molecular complexity index is 500. The fourth-order valence-electron chi connectivity index (χ4n) is 2.47. The number of fused-ring (bicyclic) bond motifs is 3. The van der Waals surface area contributed by atoms with Gasteiger partial charge < -0.3 is 0 Å². The first kappa shape index (κ1) is 24.7. The first-order chi connectivity index (χ1) is 11.7. The van der Waals surface area contributed by atoms with E-state index in [1.165, 1.54) is 39.8 Å². The highest BCUT2D eigenvalue weighted by Gasteiger charge is 2.17. The highest BCUT2D eigenvalue weighted by molar-refractivity contribution is 5.77. The number of hydrogen-bond acceptors (Lipinski definition) is 0. The summed E-state index contributed by atoms with van der Waals surface area (Å²) in [5.41, 5.74) is 8.54. The van der Waals surface area contributed by atoms with E-state index in [1.807, 2.05) is 41.5 Å². The Morgan fingerprint density at radius 2 is 0.917 bits per heavy atom. The van der Waals surface area contributed by atoms with Gasteiger partial charge in [0.25, 0.3) is 0 Å². The van der Waals surface area contributed by atoms with Gasteiger partial charge in [-0.25, -0.2) is 0 Å². The van der Waals surface area contributed by atoms with E-state index < -0.39 is 0 Å². The molecule has 0 radical (unpaired) electrons. The molecule has 0 saturated heterocycles. The van der Waals surface area contributed by atoms with E-state index in [9.17, 15) is 0 Å². The molecule has 0 nitrogen and oxygen atoms in total. The lowest BCUT2D eigenvalue weighted by molar-refractivity contribution is 1.09. The lowest BCUT2D eigenvalue weighted by atomic mass is 10.0. The Kier molecular flexibility index (Phi) is 15.4. The van der Waals surface area contributed by atoms with E-state index in [2.05, 4.69) is 64.1 Å². The maximum absolute atomic E-state index is 2.31. The van der Waals surface area contributed by atoms with Crippen molar-refractivity contribution in [1.29, 1.82) is 0 Å². The van der Waals surface area contributed by atoms with Gasteiger partial charge in [0.2, 0.25) is 0 Å². The normalized spacial score (nSPS) is 9.25. The van der Waals surface area contributed by atoms with E-state index in [-0.39, 0.29) is 0 Å². The van der Waals surface area contributed by atoms with Crippen molar-refractivity contribution in [3.8, 4) is 11.1 Å². The van der Waals surface area contributed by atoms with Gasteiger partial charge >= 0.3 is 0 Å². The van der Waals surface area contributed by atoms with Crippen molar-refractivity contribution in [2.75, 3.05) is 0 Å². The summed E-state index contributed by atoms with van der Waals surface area (Å²) in [6.45, 7) is 20.6. The summed E-state index contributed by atoms with van der Waals surface area (Å²) < 4.78 is 0. The van der Waals surface area contributed by atoms with Crippen molar-refractivity contribution >= 4 is 0 Å². The molecule has 0 heterocycles. The molecule has 136 valence electrons. The molecular weight excluding hydrogens is 288 g/mol. The molecule has 1 aliphatic rings. The largest absolute Gasteiger partial charge is 0.0683 e. The summed E-state index contributed by atoms with van der Waals surface area (Å²) in [6.07, 6.45) is 2.36. The molecule has 0 fully saturated rings. The molecule has 0 unspecified atom stereocenters. The van der Waals surface area contributed by atoms with E-state index in [4.69, 9.17) is 0 Å². The summed E-state index contributed by atoms with van der Waals surface area (Å²) in [5.74, 6) is 0. The van der Waals surface area contributed by atoms with Crippen LogP contribution in [0.25, 0.3) is 11.1 Å². The lowest BCUT2D eigenvalue weighted by Gasteiger charge is -2.01. The van der Waals surface area contributed by atoms with Crippen molar-refractivity contribution in [3.63, 3.8) is 0 Å². The minimum atomic E-state index is 1.11. The summed E-state index contributed by atoms with van der Waals surface area (Å²) >= 11 is 0. The Hall–Kier alpha value is -1.56. The predicted molar refractivity (Wildman–Crippen MR) is 114 cm³/mol. The Morgan fingerprint density at radius 3 is 1.21 bits per heavy atom. The molecule has 0 atom stereocenters. The average molecular weight is 329 g/mol. The van der Waals surface area contributed by atoms with Gasteiger partial charge in [0.05, 0.1) is 0 Å². The molecule has 0 aromatic heterocycles. The van der Waals surface area contributed by atoms with E-state index in [0.29, 0.717) is 0 Å². The van der Waals surface area contributed by atoms with E-state index in [1.54, 1.807) is 0 Å². The molecule has 0 heteroatoms. The summed E-state index contributed by atoms with van der Waals surface area (Å²) in [7, 11) is 0. The average Bonchev–Trinajstić information content (AvgIpc) is 2.97. The molecule has 0 aliphatic heterocycles. The zero-order chi connectivity index (χ0) is 19.1. The SMILES string of the molecule is CC.CC.CC.CCC.Cc1ccc2c(c1)Cc1cc(C)ccc1-2. The molecule has 0 amide bonds. The van der Waals surface area contributed by atoms with Crippen LogP contribution in [0.5, 0.6) is 0 Å². The van der Waals surface area contributed by atoms with Gasteiger partial charge in [0, 0.05) is 0 Å². The standard InChI is InChI=1S/C15H14.C3H8.3C2H6/c1-10-3-5-14-12(7-10)9-13-8-11(2)4-6-15(13)14;1-3-2;3*1-2/h3-8H,9H2,1-2H3;3H2,1-2H3;3*1-2H3. The molecule has 0 bridgehead atoms. The van der Waals surface area contributed by atoms with Crippen LogP contribution in [0.3, 0.4) is 0 Å². The van der Waals surface area contributed by atoms with Gasteiger partial charge in [-0.1, -0.05) is 109 Å². The first-order valence-corrected chi connectivity index (χ1v) is 9.85. The zero-order valence-electron chi connectivity index (χ0n) is 17.9. The molecule has 2 aromatic carbocycles. The topological polar surface area (TPSA) is 0 Å². The first-order valence-electron chi connectivity index (χ1n) is 9.85. The Balaban J connectivity index is 0. The van der Waals surface area contributed by atoms with Crippen LogP contribution in [0.15, 0.2) is 36.4 Å². The summed E-state index contributed by atoms with van der Waals surface area (Å²) in [4.78, 5) is 0. The third-order valence-corrected chi connectivity index (χ3v) is 3.19. The van der Waals surface area contributed by atoms with Gasteiger partial charge in [-0.05, 0) is 42.5 Å². The highest BCUT2D eigenvalue weighted by Crippen LogP contribution is 2.37. The summed E-state index contributed by atoms with van der Waals surface area (Å²) in [6, 6.07) is 13.5. The van der Waals surface area contributed by atoms with Crippen molar-refractivity contribution in [1.82, 2.24) is 0 Å². The summed E-state index contributed by atoms with van der Waals surface area (Å²) in [5, 5.41) is 0. The van der Waals surface area contributed by atoms with E-state index in [0.717, 1.165) is 6.42 Å². The van der Waals surface area contributed by atoms with Crippen molar-refractivity contribution in [2.24, 2.45) is 0 Å². The quantitative estimate of drug-likeness (QED) is 0.389. The molecule has 0 spiro atoms. The monoisotopic (exact) mass is 328 g/mol. The number of aryl methyl sites for hydroxylation is 2. The van der Waals surface area contributed by atoms with Crippen LogP contribution in [0.1, 0.15) is 84.1 Å². The van der Waals surface area contributed by atoms with Crippen molar-refractivity contribution in [3.05, 3.63) is 58.7 Å². The van der Waals surface area contributed by atoms with Crippen LogP contribution in [0.2, 0.25) is 0 Å². The van der Waals surface area contributed by atoms with Gasteiger partial charge in [-0.3, -0.25) is 0 Å². The number of benzene rings is 2. The predicted octanol–water partition coefficient (Wildman–Crippen LogP) is 8.37. The minimum Gasteiger partial charge on any atom is -0.0683 e. The molecule has 24 heavy (non-hydrogen) atoms. The Labute approximate surface area is 152 Å². The smallest absolute Gasteiger partial charge is 0.00133 e. The van der Waals surface area contributed by atoms with Crippen LogP contribution in [0.4, 0.5) is 0 Å². The van der Waals surface area contributed by atoms with Crippen LogP contribution >= 0.6 is 0 Å². The lowest BCUT2D eigenvalue weighted by Crippen LogP contribution is -1.81. The third kappa shape index (κ3) is 7.34. The molecule has 0 saturated carbocycles. The van der Waals surface area contributed by atoms with Gasteiger partial charge in [-0.2, -0.15) is 0 Å². The molecular formula is C24H40. The van der Waals surface area contributed by atoms with Crippen molar-refractivity contribution in [2.45, 2.75) is 82.1 Å². The molecule has 3 rings (SSSR count). The Morgan fingerprint density at radius 1 is 0.625 bits per heavy atom.